The normalized spacial score (nSPS) is 11.9. The van der Waals surface area contributed by atoms with Crippen LogP contribution in [0, 0.1) is 23.0 Å². The molecule has 74 valence electrons. The highest BCUT2D eigenvalue weighted by atomic mass is 19.2. The maximum absolute atomic E-state index is 13.0. The summed E-state index contributed by atoms with van der Waals surface area (Å²) in [4.78, 5) is 0. The number of benzene rings is 1. The molecular formula is C10H9F2NO. The van der Waals surface area contributed by atoms with Crippen LogP contribution in [0.1, 0.15) is 13.3 Å². The minimum absolute atomic E-state index is 0.224. The maximum atomic E-state index is 13.0. The molecule has 0 aliphatic rings. The van der Waals surface area contributed by atoms with Crippen LogP contribution in [0.3, 0.4) is 0 Å². The van der Waals surface area contributed by atoms with Crippen LogP contribution in [-0.4, -0.2) is 6.10 Å². The smallest absolute Gasteiger partial charge is 0.200 e. The van der Waals surface area contributed by atoms with Crippen molar-refractivity contribution in [1.29, 1.82) is 5.26 Å². The van der Waals surface area contributed by atoms with Crippen LogP contribution in [0.4, 0.5) is 8.78 Å². The van der Waals surface area contributed by atoms with Crippen LogP contribution < -0.4 is 4.74 Å². The molecule has 0 saturated heterocycles. The second-order valence-corrected chi connectivity index (χ2v) is 2.70. The lowest BCUT2D eigenvalue weighted by atomic mass is 10.3. The van der Waals surface area contributed by atoms with Crippen molar-refractivity contribution in [2.75, 3.05) is 0 Å². The number of halogens is 2. The molecule has 0 aliphatic heterocycles. The molecule has 1 unspecified atom stereocenters. The number of hydrogen-bond acceptors (Lipinski definition) is 2. The fourth-order valence-electron chi connectivity index (χ4n) is 0.929. The van der Waals surface area contributed by atoms with E-state index in [0.717, 1.165) is 6.07 Å². The first-order chi connectivity index (χ1) is 6.69. The van der Waals surface area contributed by atoms with Crippen molar-refractivity contribution in [3.05, 3.63) is 29.8 Å². The van der Waals surface area contributed by atoms with Gasteiger partial charge in [0.25, 0.3) is 0 Å². The fourth-order valence-corrected chi connectivity index (χ4v) is 0.929. The standard InChI is InChI=1S/C10H9F2NO/c1-2-7(6-13)14-9-5-3-4-8(11)10(9)12/h3-5,7H,2H2,1H3. The quantitative estimate of drug-likeness (QED) is 0.746. The van der Waals surface area contributed by atoms with Gasteiger partial charge in [-0.1, -0.05) is 13.0 Å². The first kappa shape index (κ1) is 10.5. The summed E-state index contributed by atoms with van der Waals surface area (Å²) in [6.45, 7) is 1.73. The predicted octanol–water partition coefficient (Wildman–Crippen LogP) is 2.65. The molecule has 0 aromatic heterocycles. The van der Waals surface area contributed by atoms with Crippen LogP contribution in [0.15, 0.2) is 18.2 Å². The number of ether oxygens (including phenoxy) is 1. The number of nitrogens with zero attached hydrogens (tertiary/aromatic N) is 1. The second-order valence-electron chi connectivity index (χ2n) is 2.70. The Bertz CT molecular complexity index is 360. The zero-order chi connectivity index (χ0) is 10.6. The minimum atomic E-state index is -1.05. The lowest BCUT2D eigenvalue weighted by molar-refractivity contribution is 0.237. The summed E-state index contributed by atoms with van der Waals surface area (Å²) in [6, 6.07) is 5.45. The van der Waals surface area contributed by atoms with Gasteiger partial charge in [0.15, 0.2) is 17.7 Å². The average molecular weight is 197 g/mol. The van der Waals surface area contributed by atoms with Gasteiger partial charge in [0.1, 0.15) is 6.07 Å². The van der Waals surface area contributed by atoms with Crippen LogP contribution in [-0.2, 0) is 0 Å². The molecule has 0 heterocycles. The number of hydrogen-bond donors (Lipinski definition) is 0. The average Bonchev–Trinajstić information content (AvgIpc) is 2.20. The monoisotopic (exact) mass is 197 g/mol. The summed E-state index contributed by atoms with van der Waals surface area (Å²) in [6.07, 6.45) is -0.321. The van der Waals surface area contributed by atoms with Gasteiger partial charge in [-0.15, -0.1) is 0 Å². The summed E-state index contributed by atoms with van der Waals surface area (Å²) >= 11 is 0. The molecule has 0 fully saturated rings. The number of rotatable bonds is 3. The molecule has 2 nitrogen and oxygen atoms in total. The van der Waals surface area contributed by atoms with Crippen molar-refractivity contribution >= 4 is 0 Å². The summed E-state index contributed by atoms with van der Waals surface area (Å²) in [7, 11) is 0. The number of nitriles is 1. The molecule has 1 rings (SSSR count). The molecule has 1 aromatic carbocycles. The van der Waals surface area contributed by atoms with Gasteiger partial charge in [-0.2, -0.15) is 9.65 Å². The lowest BCUT2D eigenvalue weighted by Gasteiger charge is -2.10. The molecular weight excluding hydrogens is 188 g/mol. The van der Waals surface area contributed by atoms with Crippen molar-refractivity contribution in [2.24, 2.45) is 0 Å². The van der Waals surface area contributed by atoms with Gasteiger partial charge in [0.05, 0.1) is 0 Å². The molecule has 0 radical (unpaired) electrons. The molecule has 0 bridgehead atoms. The van der Waals surface area contributed by atoms with E-state index in [-0.39, 0.29) is 5.75 Å². The van der Waals surface area contributed by atoms with E-state index < -0.39 is 17.7 Å². The highest BCUT2D eigenvalue weighted by Crippen LogP contribution is 2.20. The largest absolute Gasteiger partial charge is 0.472 e. The predicted molar refractivity (Wildman–Crippen MR) is 46.7 cm³/mol. The highest BCUT2D eigenvalue weighted by molar-refractivity contribution is 5.25. The maximum Gasteiger partial charge on any atom is 0.200 e. The van der Waals surface area contributed by atoms with E-state index in [9.17, 15) is 8.78 Å². The third-order valence-electron chi connectivity index (χ3n) is 1.70. The molecule has 1 atom stereocenters. The van der Waals surface area contributed by atoms with E-state index in [1.54, 1.807) is 6.92 Å². The SMILES string of the molecule is CCC(C#N)Oc1cccc(F)c1F. The molecule has 0 spiro atoms. The van der Waals surface area contributed by atoms with Gasteiger partial charge in [-0.25, -0.2) is 4.39 Å². The van der Waals surface area contributed by atoms with Crippen LogP contribution in [0.25, 0.3) is 0 Å². The zero-order valence-electron chi connectivity index (χ0n) is 7.63. The third kappa shape index (κ3) is 2.19. The fraction of sp³-hybridized carbons (Fsp3) is 0.300. The van der Waals surface area contributed by atoms with Gasteiger partial charge in [0.2, 0.25) is 5.82 Å². The van der Waals surface area contributed by atoms with Gasteiger partial charge >= 0.3 is 0 Å². The lowest BCUT2D eigenvalue weighted by Crippen LogP contribution is -2.13. The van der Waals surface area contributed by atoms with Crippen LogP contribution >= 0.6 is 0 Å². The molecule has 0 saturated carbocycles. The summed E-state index contributed by atoms with van der Waals surface area (Å²) in [5.41, 5.74) is 0. The third-order valence-corrected chi connectivity index (χ3v) is 1.70. The molecule has 14 heavy (non-hydrogen) atoms. The Morgan fingerprint density at radius 3 is 2.79 bits per heavy atom. The van der Waals surface area contributed by atoms with Crippen molar-refractivity contribution in [2.45, 2.75) is 19.4 Å². The Morgan fingerprint density at radius 1 is 1.50 bits per heavy atom. The van der Waals surface area contributed by atoms with Crippen molar-refractivity contribution in [3.8, 4) is 11.8 Å². The molecule has 0 N–H and O–H groups in total. The van der Waals surface area contributed by atoms with Gasteiger partial charge in [0, 0.05) is 0 Å². The first-order valence-corrected chi connectivity index (χ1v) is 4.19. The molecule has 1 aromatic rings. The van der Waals surface area contributed by atoms with Crippen molar-refractivity contribution in [1.82, 2.24) is 0 Å². The second kappa shape index (κ2) is 4.56. The molecule has 4 heteroatoms. The van der Waals surface area contributed by atoms with Gasteiger partial charge in [-0.05, 0) is 18.6 Å². The Morgan fingerprint density at radius 2 is 2.21 bits per heavy atom. The van der Waals surface area contributed by atoms with Crippen LogP contribution in [0.2, 0.25) is 0 Å². The summed E-state index contributed by atoms with van der Waals surface area (Å²) in [5, 5.41) is 8.56. The van der Waals surface area contributed by atoms with Crippen molar-refractivity contribution < 1.29 is 13.5 Å². The van der Waals surface area contributed by atoms with Gasteiger partial charge in [-0.3, -0.25) is 0 Å². The topological polar surface area (TPSA) is 33.0 Å². The highest BCUT2D eigenvalue weighted by Gasteiger charge is 2.12. The summed E-state index contributed by atoms with van der Waals surface area (Å²) in [5.74, 6) is -2.25. The Hall–Kier alpha value is -1.63. The Kier molecular flexibility index (Phi) is 3.41. The van der Waals surface area contributed by atoms with E-state index in [0.29, 0.717) is 6.42 Å². The summed E-state index contributed by atoms with van der Waals surface area (Å²) < 4.78 is 30.7. The zero-order valence-corrected chi connectivity index (χ0v) is 7.63. The molecule has 0 amide bonds. The van der Waals surface area contributed by atoms with E-state index in [2.05, 4.69) is 0 Å². The van der Waals surface area contributed by atoms with Crippen molar-refractivity contribution in [3.63, 3.8) is 0 Å². The Labute approximate surface area is 80.7 Å². The van der Waals surface area contributed by atoms with E-state index >= 15 is 0 Å². The molecule has 0 aliphatic carbocycles. The van der Waals surface area contributed by atoms with E-state index in [4.69, 9.17) is 10.00 Å². The Balaban J connectivity index is 2.87. The minimum Gasteiger partial charge on any atom is -0.472 e. The first-order valence-electron chi connectivity index (χ1n) is 4.19. The van der Waals surface area contributed by atoms with Gasteiger partial charge < -0.3 is 4.74 Å². The van der Waals surface area contributed by atoms with Crippen LogP contribution in [0.5, 0.6) is 5.75 Å². The van der Waals surface area contributed by atoms with E-state index in [1.807, 2.05) is 6.07 Å². The van der Waals surface area contributed by atoms with E-state index in [1.165, 1.54) is 12.1 Å².